The average molecular weight is 417 g/mol. The van der Waals surface area contributed by atoms with Gasteiger partial charge in [0.25, 0.3) is 0 Å². The monoisotopic (exact) mass is 416 g/mol. The molecule has 0 spiro atoms. The van der Waals surface area contributed by atoms with Crippen LogP contribution in [0.1, 0.15) is 31.7 Å². The number of tetrazole rings is 1. The molecule has 0 bridgehead atoms. The van der Waals surface area contributed by atoms with Gasteiger partial charge in [0.05, 0.1) is 16.7 Å². The van der Waals surface area contributed by atoms with Crippen molar-refractivity contribution in [3.8, 4) is 0 Å². The van der Waals surface area contributed by atoms with Gasteiger partial charge in [-0.3, -0.25) is 0 Å². The van der Waals surface area contributed by atoms with Crippen molar-refractivity contribution in [2.45, 2.75) is 41.8 Å². The quantitative estimate of drug-likeness (QED) is 0.673. The predicted molar refractivity (Wildman–Crippen MR) is 92.2 cm³/mol. The van der Waals surface area contributed by atoms with E-state index in [1.54, 1.807) is 24.3 Å². The van der Waals surface area contributed by atoms with Crippen LogP contribution in [0.15, 0.2) is 38.8 Å². The van der Waals surface area contributed by atoms with Gasteiger partial charge in [-0.1, -0.05) is 40.5 Å². The molecular formula is C14H17BrN4O2S2. The van der Waals surface area contributed by atoms with Gasteiger partial charge in [0.2, 0.25) is 5.16 Å². The number of hydrogen-bond donors (Lipinski definition) is 0. The van der Waals surface area contributed by atoms with Gasteiger partial charge < -0.3 is 0 Å². The molecule has 0 aliphatic heterocycles. The first-order valence-corrected chi connectivity index (χ1v) is 10.9. The maximum atomic E-state index is 12.3. The van der Waals surface area contributed by atoms with Crippen molar-refractivity contribution in [1.82, 2.24) is 20.2 Å². The first-order valence-electron chi connectivity index (χ1n) is 7.45. The minimum absolute atomic E-state index is 0.0663. The summed E-state index contributed by atoms with van der Waals surface area (Å²) >= 11 is 4.71. The minimum Gasteiger partial charge on any atom is -0.224 e. The molecule has 1 aromatic heterocycles. The van der Waals surface area contributed by atoms with Crippen molar-refractivity contribution in [3.05, 3.63) is 28.7 Å². The van der Waals surface area contributed by atoms with E-state index in [2.05, 4.69) is 31.5 Å². The van der Waals surface area contributed by atoms with Crippen LogP contribution in [0, 0.1) is 0 Å². The maximum Gasteiger partial charge on any atom is 0.209 e. The van der Waals surface area contributed by atoms with Crippen LogP contribution in [-0.4, -0.2) is 40.1 Å². The second-order valence-corrected chi connectivity index (χ2v) is 9.55. The summed E-state index contributed by atoms with van der Waals surface area (Å²) in [6.45, 7) is 0. The maximum absolute atomic E-state index is 12.3. The molecule has 0 unspecified atom stereocenters. The van der Waals surface area contributed by atoms with Crippen LogP contribution < -0.4 is 0 Å². The molecule has 1 saturated carbocycles. The summed E-state index contributed by atoms with van der Waals surface area (Å²) in [4.78, 5) is 0.344. The largest absolute Gasteiger partial charge is 0.224 e. The highest BCUT2D eigenvalue weighted by atomic mass is 79.9. The summed E-state index contributed by atoms with van der Waals surface area (Å²) in [6, 6.07) is 7.07. The zero-order valence-corrected chi connectivity index (χ0v) is 15.6. The van der Waals surface area contributed by atoms with Gasteiger partial charge >= 0.3 is 0 Å². The lowest BCUT2D eigenvalue weighted by molar-refractivity contribution is 0.423. The summed E-state index contributed by atoms with van der Waals surface area (Å²) in [6.07, 6.45) is 4.59. The Kier molecular flexibility index (Phi) is 5.38. The van der Waals surface area contributed by atoms with Crippen molar-refractivity contribution in [2.75, 3.05) is 11.5 Å². The summed E-state index contributed by atoms with van der Waals surface area (Å²) in [5.41, 5.74) is 0. The molecule has 6 nitrogen and oxygen atoms in total. The van der Waals surface area contributed by atoms with Crippen molar-refractivity contribution in [2.24, 2.45) is 0 Å². The highest BCUT2D eigenvalue weighted by molar-refractivity contribution is 9.10. The summed E-state index contributed by atoms with van der Waals surface area (Å²) in [5.74, 6) is 0.502. The molecule has 0 amide bonds. The SMILES string of the molecule is O=S(=O)(CCSc1nnnn1C1CCCC1)c1ccc(Br)cc1. The Bertz CT molecular complexity index is 755. The second kappa shape index (κ2) is 7.31. The van der Waals surface area contributed by atoms with Crippen molar-refractivity contribution in [3.63, 3.8) is 0 Å². The van der Waals surface area contributed by atoms with Crippen LogP contribution in [0.3, 0.4) is 0 Å². The molecule has 1 aliphatic carbocycles. The smallest absolute Gasteiger partial charge is 0.209 e. The Balaban J connectivity index is 1.61. The van der Waals surface area contributed by atoms with E-state index in [9.17, 15) is 8.42 Å². The minimum atomic E-state index is -3.28. The van der Waals surface area contributed by atoms with Crippen LogP contribution in [-0.2, 0) is 9.84 Å². The molecule has 3 rings (SSSR count). The average Bonchev–Trinajstić information content (AvgIpc) is 3.18. The molecular weight excluding hydrogens is 400 g/mol. The molecule has 0 atom stereocenters. The molecule has 0 saturated heterocycles. The van der Waals surface area contributed by atoms with E-state index >= 15 is 0 Å². The fraction of sp³-hybridized carbons (Fsp3) is 0.500. The van der Waals surface area contributed by atoms with Crippen molar-refractivity contribution in [1.29, 1.82) is 0 Å². The summed E-state index contributed by atoms with van der Waals surface area (Å²) in [7, 11) is -3.28. The van der Waals surface area contributed by atoms with Crippen molar-refractivity contribution < 1.29 is 8.42 Å². The third kappa shape index (κ3) is 4.13. The number of halogens is 1. The fourth-order valence-corrected chi connectivity index (χ4v) is 5.52. The van der Waals surface area contributed by atoms with Crippen LogP contribution >= 0.6 is 27.7 Å². The standard InChI is InChI=1S/C14H17BrN4O2S2/c15-11-5-7-13(8-6-11)23(20,21)10-9-22-14-16-17-18-19(14)12-3-1-2-4-12/h5-8,12H,1-4,9-10H2. The zero-order valence-electron chi connectivity index (χ0n) is 12.4. The number of rotatable bonds is 6. The Morgan fingerprint density at radius 2 is 1.91 bits per heavy atom. The lowest BCUT2D eigenvalue weighted by Crippen LogP contribution is -2.11. The number of nitrogens with zero attached hydrogens (tertiary/aromatic N) is 4. The Morgan fingerprint density at radius 1 is 1.22 bits per heavy atom. The Hall–Kier alpha value is -0.930. The highest BCUT2D eigenvalue weighted by Gasteiger charge is 2.22. The number of aromatic nitrogens is 4. The van der Waals surface area contributed by atoms with E-state index < -0.39 is 9.84 Å². The van der Waals surface area contributed by atoms with Crippen LogP contribution in [0.2, 0.25) is 0 Å². The lowest BCUT2D eigenvalue weighted by atomic mass is 10.3. The molecule has 2 aromatic rings. The zero-order chi connectivity index (χ0) is 16.3. The van der Waals surface area contributed by atoms with Gasteiger partial charge in [-0.15, -0.1) is 5.10 Å². The van der Waals surface area contributed by atoms with Gasteiger partial charge in [0, 0.05) is 10.2 Å². The number of thioether (sulfide) groups is 1. The second-order valence-electron chi connectivity index (χ2n) is 5.47. The van der Waals surface area contributed by atoms with E-state index in [0.717, 1.165) is 17.3 Å². The van der Waals surface area contributed by atoms with Gasteiger partial charge in [-0.25, -0.2) is 13.1 Å². The first-order chi connectivity index (χ1) is 11.1. The summed E-state index contributed by atoms with van der Waals surface area (Å²) < 4.78 is 27.4. The molecule has 0 radical (unpaired) electrons. The molecule has 124 valence electrons. The topological polar surface area (TPSA) is 77.7 Å². The van der Waals surface area contributed by atoms with Gasteiger partial charge in [0.1, 0.15) is 0 Å². The van der Waals surface area contributed by atoms with E-state index in [1.807, 2.05) is 4.68 Å². The predicted octanol–water partition coefficient (Wildman–Crippen LogP) is 3.12. The van der Waals surface area contributed by atoms with E-state index in [4.69, 9.17) is 0 Å². The van der Waals surface area contributed by atoms with Crippen LogP contribution in [0.25, 0.3) is 0 Å². The Labute approximate surface area is 148 Å². The number of hydrogen-bond acceptors (Lipinski definition) is 6. The molecule has 1 heterocycles. The molecule has 1 fully saturated rings. The van der Waals surface area contributed by atoms with E-state index in [1.165, 1.54) is 24.6 Å². The number of benzene rings is 1. The van der Waals surface area contributed by atoms with Crippen LogP contribution in [0.4, 0.5) is 0 Å². The Morgan fingerprint density at radius 3 is 2.61 bits per heavy atom. The molecule has 23 heavy (non-hydrogen) atoms. The van der Waals surface area contributed by atoms with E-state index in [-0.39, 0.29) is 5.75 Å². The first kappa shape index (κ1) is 16.9. The molecule has 0 N–H and O–H groups in total. The molecule has 1 aromatic carbocycles. The normalized spacial score (nSPS) is 16.0. The highest BCUT2D eigenvalue weighted by Crippen LogP contribution is 2.31. The number of sulfone groups is 1. The van der Waals surface area contributed by atoms with E-state index in [0.29, 0.717) is 21.8 Å². The lowest BCUT2D eigenvalue weighted by Gasteiger charge is -2.10. The molecule has 1 aliphatic rings. The third-order valence-electron chi connectivity index (χ3n) is 3.89. The summed E-state index contributed by atoms with van der Waals surface area (Å²) in [5, 5.41) is 12.5. The van der Waals surface area contributed by atoms with Gasteiger partial charge in [-0.05, 0) is 47.5 Å². The fourth-order valence-electron chi connectivity index (χ4n) is 2.66. The third-order valence-corrected chi connectivity index (χ3v) is 7.34. The van der Waals surface area contributed by atoms with Crippen LogP contribution in [0.5, 0.6) is 0 Å². The molecule has 9 heteroatoms. The van der Waals surface area contributed by atoms with Gasteiger partial charge in [0.15, 0.2) is 9.84 Å². The van der Waals surface area contributed by atoms with Crippen molar-refractivity contribution >= 4 is 37.5 Å². The van der Waals surface area contributed by atoms with Gasteiger partial charge in [-0.2, -0.15) is 0 Å².